The predicted octanol–water partition coefficient (Wildman–Crippen LogP) is 6.27. The molecular formula is C20H35N. The fourth-order valence-corrected chi connectivity index (χ4v) is 2.92. The molecule has 0 amide bonds. The van der Waals surface area contributed by atoms with Crippen LogP contribution in [0.2, 0.25) is 0 Å². The third-order valence-electron chi connectivity index (χ3n) is 4.97. The van der Waals surface area contributed by atoms with Crippen molar-refractivity contribution in [2.45, 2.75) is 67.7 Å². The van der Waals surface area contributed by atoms with E-state index in [2.05, 4.69) is 61.3 Å². The molecular weight excluding hydrogens is 254 g/mol. The number of allylic oxidation sites excluding steroid dienone is 3. The second-order valence-corrected chi connectivity index (χ2v) is 7.52. The first-order chi connectivity index (χ1) is 9.77. The van der Waals surface area contributed by atoms with Crippen molar-refractivity contribution in [1.29, 1.82) is 0 Å². The first-order valence-corrected chi connectivity index (χ1v) is 8.70. The zero-order valence-electron chi connectivity index (χ0n) is 15.2. The lowest BCUT2D eigenvalue weighted by Crippen LogP contribution is -2.08. The largest absolute Gasteiger partial charge is 0.265 e. The summed E-state index contributed by atoms with van der Waals surface area (Å²) in [6.45, 7) is 20.3. The summed E-state index contributed by atoms with van der Waals surface area (Å²) in [5.74, 6) is 3.51. The van der Waals surface area contributed by atoms with Gasteiger partial charge in [-0.3, -0.25) is 4.99 Å². The Bertz CT molecular complexity index is 414. The van der Waals surface area contributed by atoms with Gasteiger partial charge >= 0.3 is 0 Å². The molecule has 0 aromatic heterocycles. The monoisotopic (exact) mass is 289 g/mol. The third-order valence-corrected chi connectivity index (χ3v) is 4.97. The van der Waals surface area contributed by atoms with Crippen LogP contribution in [-0.2, 0) is 0 Å². The van der Waals surface area contributed by atoms with Gasteiger partial charge in [0.1, 0.15) is 0 Å². The Morgan fingerprint density at radius 2 is 1.86 bits per heavy atom. The highest BCUT2D eigenvalue weighted by Gasteiger charge is 2.38. The summed E-state index contributed by atoms with van der Waals surface area (Å²) in [6.07, 6.45) is 5.71. The maximum absolute atomic E-state index is 4.74. The van der Waals surface area contributed by atoms with E-state index in [9.17, 15) is 0 Å². The van der Waals surface area contributed by atoms with Crippen molar-refractivity contribution in [2.75, 3.05) is 0 Å². The molecule has 1 heteroatoms. The minimum Gasteiger partial charge on any atom is -0.265 e. The van der Waals surface area contributed by atoms with Gasteiger partial charge in [-0.05, 0) is 66.9 Å². The van der Waals surface area contributed by atoms with Crippen LogP contribution in [0.5, 0.6) is 0 Å². The molecule has 0 N–H and O–H groups in total. The molecule has 1 fully saturated rings. The minimum atomic E-state index is 0.550. The van der Waals surface area contributed by atoms with Crippen LogP contribution in [0.1, 0.15) is 67.7 Å². The summed E-state index contributed by atoms with van der Waals surface area (Å²) < 4.78 is 0. The van der Waals surface area contributed by atoms with Gasteiger partial charge in [-0.25, -0.2) is 0 Å². The number of nitrogens with zero attached hydrogens (tertiary/aromatic N) is 1. The van der Waals surface area contributed by atoms with Gasteiger partial charge in [0, 0.05) is 11.9 Å². The lowest BCUT2D eigenvalue weighted by atomic mass is 9.85. The van der Waals surface area contributed by atoms with E-state index in [-0.39, 0.29) is 0 Å². The number of hydrogen-bond donors (Lipinski definition) is 0. The van der Waals surface area contributed by atoms with Gasteiger partial charge in [-0.15, -0.1) is 0 Å². The Morgan fingerprint density at radius 1 is 1.29 bits per heavy atom. The number of rotatable bonds is 8. The van der Waals surface area contributed by atoms with Gasteiger partial charge in [0.15, 0.2) is 0 Å². The summed E-state index contributed by atoms with van der Waals surface area (Å²) in [6, 6.07) is 0. The Balaban J connectivity index is 2.92. The average Bonchev–Trinajstić information content (AvgIpc) is 3.16. The molecule has 120 valence electrons. The van der Waals surface area contributed by atoms with E-state index in [0.29, 0.717) is 17.8 Å². The average molecular weight is 290 g/mol. The molecule has 1 rings (SSSR count). The lowest BCUT2D eigenvalue weighted by molar-refractivity contribution is 0.545. The van der Waals surface area contributed by atoms with E-state index in [1.165, 1.54) is 23.3 Å². The van der Waals surface area contributed by atoms with E-state index in [1.54, 1.807) is 0 Å². The Labute approximate surface area is 132 Å². The first kappa shape index (κ1) is 18.2. The van der Waals surface area contributed by atoms with Crippen molar-refractivity contribution in [2.24, 2.45) is 34.6 Å². The summed E-state index contributed by atoms with van der Waals surface area (Å²) in [5.41, 5.74) is 3.90. The maximum atomic E-state index is 4.74. The molecule has 1 aliphatic carbocycles. The van der Waals surface area contributed by atoms with Crippen LogP contribution in [-0.4, -0.2) is 6.21 Å². The van der Waals surface area contributed by atoms with Crippen molar-refractivity contribution >= 4 is 6.21 Å². The first-order valence-electron chi connectivity index (χ1n) is 8.70. The van der Waals surface area contributed by atoms with E-state index in [1.807, 2.05) is 0 Å². The molecule has 0 aliphatic heterocycles. The predicted molar refractivity (Wildman–Crippen MR) is 95.7 cm³/mol. The van der Waals surface area contributed by atoms with Crippen molar-refractivity contribution < 1.29 is 0 Å². The second kappa shape index (κ2) is 7.96. The Hall–Kier alpha value is -0.850. The van der Waals surface area contributed by atoms with Crippen molar-refractivity contribution in [3.05, 3.63) is 23.4 Å². The normalized spacial score (nSPS) is 25.9. The zero-order chi connectivity index (χ0) is 16.2. The molecule has 1 nitrogen and oxygen atoms in total. The summed E-state index contributed by atoms with van der Waals surface area (Å²) >= 11 is 0. The molecule has 0 spiro atoms. The summed E-state index contributed by atoms with van der Waals surface area (Å²) in [5, 5.41) is 0. The van der Waals surface area contributed by atoms with Crippen molar-refractivity contribution in [3.63, 3.8) is 0 Å². The van der Waals surface area contributed by atoms with Gasteiger partial charge in [-0.1, -0.05) is 48.1 Å². The second-order valence-electron chi connectivity index (χ2n) is 7.52. The minimum absolute atomic E-state index is 0.550. The fourth-order valence-electron chi connectivity index (χ4n) is 2.92. The SMILES string of the molecule is C=C(/C(CC(C)C)=C(C)\N=C/C(C)CC)[C@@H](C)C1CC1C. The van der Waals surface area contributed by atoms with E-state index < -0.39 is 0 Å². The van der Waals surface area contributed by atoms with Gasteiger partial charge in [0.2, 0.25) is 0 Å². The van der Waals surface area contributed by atoms with Crippen molar-refractivity contribution in [1.82, 2.24) is 0 Å². The quantitative estimate of drug-likeness (QED) is 0.369. The smallest absolute Gasteiger partial charge is 0.0403 e. The van der Waals surface area contributed by atoms with E-state index in [0.717, 1.165) is 24.7 Å². The van der Waals surface area contributed by atoms with Gasteiger partial charge < -0.3 is 0 Å². The molecule has 0 aromatic carbocycles. The molecule has 3 unspecified atom stereocenters. The van der Waals surface area contributed by atoms with Crippen LogP contribution in [0.25, 0.3) is 0 Å². The number of aliphatic imine (C=N–C) groups is 1. The van der Waals surface area contributed by atoms with Crippen LogP contribution >= 0.6 is 0 Å². The molecule has 4 atom stereocenters. The number of hydrogen-bond acceptors (Lipinski definition) is 1. The molecule has 1 saturated carbocycles. The molecule has 1 aliphatic rings. The maximum Gasteiger partial charge on any atom is 0.0403 e. The van der Waals surface area contributed by atoms with Gasteiger partial charge in [0.05, 0.1) is 0 Å². The molecule has 0 radical (unpaired) electrons. The molecule has 0 aromatic rings. The molecule has 0 bridgehead atoms. The van der Waals surface area contributed by atoms with Gasteiger partial charge in [0.25, 0.3) is 0 Å². The Kier molecular flexibility index (Phi) is 6.90. The topological polar surface area (TPSA) is 12.4 Å². The fraction of sp³-hybridized carbons (Fsp3) is 0.750. The van der Waals surface area contributed by atoms with Crippen LogP contribution < -0.4 is 0 Å². The van der Waals surface area contributed by atoms with Crippen LogP contribution in [0.3, 0.4) is 0 Å². The summed E-state index contributed by atoms with van der Waals surface area (Å²) in [7, 11) is 0. The molecule has 0 heterocycles. The standard InChI is InChI=1S/C20H35N/c1-9-14(4)12-21-18(8)20(10-13(2)3)17(7)16(6)19-11-15(19)5/h12-16,19H,7,9-11H2,1-6,8H3/b20-18-,21-12-/t14?,15?,16-,19?/m1/s1. The summed E-state index contributed by atoms with van der Waals surface area (Å²) in [4.78, 5) is 4.74. The highest BCUT2D eigenvalue weighted by Crippen LogP contribution is 2.48. The molecule has 21 heavy (non-hydrogen) atoms. The highest BCUT2D eigenvalue weighted by molar-refractivity contribution is 5.62. The van der Waals surface area contributed by atoms with Crippen LogP contribution in [0.15, 0.2) is 28.4 Å². The van der Waals surface area contributed by atoms with E-state index >= 15 is 0 Å². The van der Waals surface area contributed by atoms with Crippen LogP contribution in [0, 0.1) is 29.6 Å². The van der Waals surface area contributed by atoms with Crippen LogP contribution in [0.4, 0.5) is 0 Å². The Morgan fingerprint density at radius 3 is 2.29 bits per heavy atom. The van der Waals surface area contributed by atoms with Gasteiger partial charge in [-0.2, -0.15) is 0 Å². The molecule has 0 saturated heterocycles. The third kappa shape index (κ3) is 5.45. The van der Waals surface area contributed by atoms with E-state index in [4.69, 9.17) is 4.99 Å². The van der Waals surface area contributed by atoms with Crippen molar-refractivity contribution in [3.8, 4) is 0 Å². The zero-order valence-corrected chi connectivity index (χ0v) is 15.2. The highest BCUT2D eigenvalue weighted by atomic mass is 14.7. The lowest BCUT2D eigenvalue weighted by Gasteiger charge is -2.21.